The summed E-state index contributed by atoms with van der Waals surface area (Å²) in [4.78, 5) is 12.5. The van der Waals surface area contributed by atoms with Crippen molar-refractivity contribution in [1.29, 1.82) is 0 Å². The molecule has 0 unspecified atom stereocenters. The Balaban J connectivity index is 1.82. The standard InChI is InChI=1S/C18H17BrN4O2/c1-3-23-11-20-22-17(23)12-5-4-6-14(9-12)21-18(24)13-7-8-16(25-2)15(19)10-13/h4-11H,3H2,1-2H3,(H,21,24). The highest BCUT2D eigenvalue weighted by atomic mass is 79.9. The molecule has 1 heterocycles. The summed E-state index contributed by atoms with van der Waals surface area (Å²) < 4.78 is 7.86. The highest BCUT2D eigenvalue weighted by molar-refractivity contribution is 9.10. The van der Waals surface area contributed by atoms with Gasteiger partial charge in [0.2, 0.25) is 0 Å². The van der Waals surface area contributed by atoms with Gasteiger partial charge in [0.25, 0.3) is 5.91 Å². The molecule has 0 saturated carbocycles. The zero-order valence-corrected chi connectivity index (χ0v) is 15.4. The van der Waals surface area contributed by atoms with Crippen LogP contribution in [0.4, 0.5) is 5.69 Å². The van der Waals surface area contributed by atoms with E-state index in [-0.39, 0.29) is 5.91 Å². The van der Waals surface area contributed by atoms with Crippen molar-refractivity contribution in [3.63, 3.8) is 0 Å². The second-order valence-corrected chi connectivity index (χ2v) is 6.18. The monoisotopic (exact) mass is 400 g/mol. The smallest absolute Gasteiger partial charge is 0.255 e. The molecule has 2 aromatic carbocycles. The predicted octanol–water partition coefficient (Wildman–Crippen LogP) is 3.99. The Labute approximate surface area is 154 Å². The van der Waals surface area contributed by atoms with Gasteiger partial charge in [0.05, 0.1) is 11.6 Å². The summed E-state index contributed by atoms with van der Waals surface area (Å²) in [6, 6.07) is 12.7. The molecule has 0 aliphatic rings. The molecule has 0 aliphatic carbocycles. The second-order valence-electron chi connectivity index (χ2n) is 5.32. The number of nitrogens with zero attached hydrogens (tertiary/aromatic N) is 3. The lowest BCUT2D eigenvalue weighted by molar-refractivity contribution is 0.102. The number of halogens is 1. The third-order valence-corrected chi connectivity index (χ3v) is 4.37. The Morgan fingerprint density at radius 3 is 2.84 bits per heavy atom. The summed E-state index contributed by atoms with van der Waals surface area (Å²) in [7, 11) is 1.58. The van der Waals surface area contributed by atoms with Gasteiger partial charge in [-0.15, -0.1) is 10.2 Å². The minimum absolute atomic E-state index is 0.197. The van der Waals surface area contributed by atoms with E-state index < -0.39 is 0 Å². The molecule has 0 aliphatic heterocycles. The average molecular weight is 401 g/mol. The van der Waals surface area contributed by atoms with Gasteiger partial charge in [-0.25, -0.2) is 0 Å². The van der Waals surface area contributed by atoms with Gasteiger partial charge in [-0.3, -0.25) is 4.79 Å². The number of carbonyl (C=O) groups is 1. The van der Waals surface area contributed by atoms with E-state index in [1.165, 1.54) is 0 Å². The minimum atomic E-state index is -0.197. The second kappa shape index (κ2) is 7.48. The lowest BCUT2D eigenvalue weighted by Gasteiger charge is -2.09. The fourth-order valence-corrected chi connectivity index (χ4v) is 3.00. The number of aromatic nitrogens is 3. The Kier molecular flexibility index (Phi) is 5.14. The first-order valence-electron chi connectivity index (χ1n) is 7.75. The van der Waals surface area contributed by atoms with Crippen LogP contribution in [0, 0.1) is 0 Å². The number of amides is 1. The number of anilines is 1. The van der Waals surface area contributed by atoms with Crippen molar-refractivity contribution in [2.24, 2.45) is 0 Å². The topological polar surface area (TPSA) is 69.0 Å². The van der Waals surface area contributed by atoms with E-state index in [0.717, 1.165) is 22.4 Å². The fraction of sp³-hybridized carbons (Fsp3) is 0.167. The average Bonchev–Trinajstić information content (AvgIpc) is 3.10. The van der Waals surface area contributed by atoms with Crippen molar-refractivity contribution in [1.82, 2.24) is 14.8 Å². The molecule has 0 spiro atoms. The van der Waals surface area contributed by atoms with Crippen molar-refractivity contribution in [3.05, 3.63) is 58.8 Å². The van der Waals surface area contributed by atoms with E-state index >= 15 is 0 Å². The van der Waals surface area contributed by atoms with Gasteiger partial charge in [-0.05, 0) is 53.2 Å². The highest BCUT2D eigenvalue weighted by Gasteiger charge is 2.11. The van der Waals surface area contributed by atoms with E-state index in [1.54, 1.807) is 31.6 Å². The first-order chi connectivity index (χ1) is 12.1. The lowest BCUT2D eigenvalue weighted by Crippen LogP contribution is -2.12. The quantitative estimate of drug-likeness (QED) is 0.702. The Bertz CT molecular complexity index is 908. The summed E-state index contributed by atoms with van der Waals surface area (Å²) in [5.41, 5.74) is 2.13. The number of methoxy groups -OCH3 is 1. The summed E-state index contributed by atoms with van der Waals surface area (Å²) in [6.07, 6.45) is 1.69. The van der Waals surface area contributed by atoms with Crippen molar-refractivity contribution in [3.8, 4) is 17.1 Å². The molecule has 0 atom stereocenters. The molecule has 1 amide bonds. The predicted molar refractivity (Wildman–Crippen MR) is 99.8 cm³/mol. The van der Waals surface area contributed by atoms with E-state index in [4.69, 9.17) is 4.74 Å². The summed E-state index contributed by atoms with van der Waals surface area (Å²) >= 11 is 3.39. The maximum absolute atomic E-state index is 12.5. The molecule has 0 saturated heterocycles. The van der Waals surface area contributed by atoms with Crippen LogP contribution < -0.4 is 10.1 Å². The minimum Gasteiger partial charge on any atom is -0.496 e. The zero-order valence-electron chi connectivity index (χ0n) is 13.9. The number of carbonyl (C=O) groups excluding carboxylic acids is 1. The third kappa shape index (κ3) is 3.71. The van der Waals surface area contributed by atoms with Crippen LogP contribution in [0.2, 0.25) is 0 Å². The molecule has 3 rings (SSSR count). The van der Waals surface area contributed by atoms with E-state index in [0.29, 0.717) is 17.0 Å². The van der Waals surface area contributed by atoms with Crippen LogP contribution in [0.1, 0.15) is 17.3 Å². The van der Waals surface area contributed by atoms with Crippen molar-refractivity contribution >= 4 is 27.5 Å². The Morgan fingerprint density at radius 1 is 1.28 bits per heavy atom. The molecule has 1 N–H and O–H groups in total. The van der Waals surface area contributed by atoms with Gasteiger partial charge in [-0.1, -0.05) is 12.1 Å². The van der Waals surface area contributed by atoms with Gasteiger partial charge >= 0.3 is 0 Å². The van der Waals surface area contributed by atoms with Crippen molar-refractivity contribution in [2.45, 2.75) is 13.5 Å². The van der Waals surface area contributed by atoms with Crippen LogP contribution in [0.15, 0.2) is 53.3 Å². The number of hydrogen-bond donors (Lipinski definition) is 1. The molecule has 128 valence electrons. The fourth-order valence-electron chi connectivity index (χ4n) is 2.46. The van der Waals surface area contributed by atoms with Crippen molar-refractivity contribution in [2.75, 3.05) is 12.4 Å². The van der Waals surface area contributed by atoms with Gasteiger partial charge < -0.3 is 14.6 Å². The first-order valence-corrected chi connectivity index (χ1v) is 8.54. The molecule has 0 radical (unpaired) electrons. The van der Waals surface area contributed by atoms with E-state index in [9.17, 15) is 4.79 Å². The number of benzene rings is 2. The van der Waals surface area contributed by atoms with Gasteiger partial charge in [0.15, 0.2) is 5.82 Å². The van der Waals surface area contributed by atoms with Gasteiger partial charge in [0, 0.05) is 23.4 Å². The maximum atomic E-state index is 12.5. The Morgan fingerprint density at radius 2 is 2.12 bits per heavy atom. The normalized spacial score (nSPS) is 10.5. The first kappa shape index (κ1) is 17.2. The number of ether oxygens (including phenoxy) is 1. The van der Waals surface area contributed by atoms with E-state index in [1.807, 2.05) is 35.8 Å². The number of aryl methyl sites for hydroxylation is 1. The van der Waals surface area contributed by atoms with E-state index in [2.05, 4.69) is 31.4 Å². The van der Waals surface area contributed by atoms with Crippen LogP contribution in [0.25, 0.3) is 11.4 Å². The van der Waals surface area contributed by atoms with Crippen LogP contribution in [0.3, 0.4) is 0 Å². The molecule has 3 aromatic rings. The SMILES string of the molecule is CCn1cnnc1-c1cccc(NC(=O)c2ccc(OC)c(Br)c2)c1. The lowest BCUT2D eigenvalue weighted by atomic mass is 10.1. The molecular weight excluding hydrogens is 384 g/mol. The summed E-state index contributed by atoms with van der Waals surface area (Å²) in [5, 5.41) is 11.0. The maximum Gasteiger partial charge on any atom is 0.255 e. The summed E-state index contributed by atoms with van der Waals surface area (Å²) in [5.74, 6) is 1.25. The van der Waals surface area contributed by atoms with Gasteiger partial charge in [-0.2, -0.15) is 0 Å². The third-order valence-electron chi connectivity index (χ3n) is 3.75. The van der Waals surface area contributed by atoms with Gasteiger partial charge in [0.1, 0.15) is 12.1 Å². The largest absolute Gasteiger partial charge is 0.496 e. The molecular formula is C18H17BrN4O2. The number of hydrogen-bond acceptors (Lipinski definition) is 4. The van der Waals surface area contributed by atoms with Crippen LogP contribution in [-0.2, 0) is 6.54 Å². The molecule has 0 fully saturated rings. The summed E-state index contributed by atoms with van der Waals surface area (Å²) in [6.45, 7) is 2.80. The zero-order chi connectivity index (χ0) is 17.8. The molecule has 25 heavy (non-hydrogen) atoms. The van der Waals surface area contributed by atoms with Crippen molar-refractivity contribution < 1.29 is 9.53 Å². The molecule has 0 bridgehead atoms. The molecule has 1 aromatic heterocycles. The van der Waals surface area contributed by atoms with Crippen LogP contribution in [0.5, 0.6) is 5.75 Å². The molecule has 7 heteroatoms. The van der Waals surface area contributed by atoms with Crippen LogP contribution >= 0.6 is 15.9 Å². The number of nitrogens with one attached hydrogen (secondary N) is 1. The molecule has 6 nitrogen and oxygen atoms in total. The highest BCUT2D eigenvalue weighted by Crippen LogP contribution is 2.26. The number of rotatable bonds is 5. The van der Waals surface area contributed by atoms with Crippen LogP contribution in [-0.4, -0.2) is 27.8 Å². The Hall–Kier alpha value is -2.67.